The van der Waals surface area contributed by atoms with Gasteiger partial charge in [-0.2, -0.15) is 6.92 Å². The largest absolute Gasteiger partial charge is 0.355 e. The van der Waals surface area contributed by atoms with Gasteiger partial charge in [0.25, 0.3) is 0 Å². The molecule has 0 N–H and O–H groups in total. The molecule has 0 rings (SSSR count). The molecule has 0 unspecified atom stereocenters. The summed E-state index contributed by atoms with van der Waals surface area (Å²) in [4.78, 5) is 0. The van der Waals surface area contributed by atoms with Gasteiger partial charge in [0.05, 0.1) is 0 Å². The Morgan fingerprint density at radius 1 is 1.60 bits per heavy atom. The van der Waals surface area contributed by atoms with Crippen molar-refractivity contribution in [3.63, 3.8) is 0 Å². The van der Waals surface area contributed by atoms with Crippen LogP contribution in [0, 0.1) is 36.9 Å². The van der Waals surface area contributed by atoms with Crippen LogP contribution in [0.2, 0.25) is 0 Å². The second-order valence-corrected chi connectivity index (χ2v) is 1.41. The maximum absolute atomic E-state index is 2.04. The van der Waals surface area contributed by atoms with E-state index in [4.69, 9.17) is 0 Å². The number of rotatable bonds is 1. The van der Waals surface area contributed by atoms with E-state index in [9.17, 15) is 0 Å². The predicted octanol–water partition coefficient (Wildman–Crippen LogP) is 1.53. The first-order chi connectivity index (χ1) is 1.91. The average molecular weight is 313 g/mol. The molecule has 5 heavy (non-hydrogen) atoms. The molecule has 0 radical (unpaired) electrons. The van der Waals surface area contributed by atoms with E-state index in [1.165, 1.54) is 0 Å². The Bertz CT molecular complexity index is 8.85. The average Bonchev–Trinajstić information content (AvgIpc) is 1.37. The quantitative estimate of drug-likeness (QED) is 0.662. The van der Waals surface area contributed by atoms with Crippen LogP contribution < -0.4 is 0 Å². The Morgan fingerprint density at radius 3 is 1.80 bits per heavy atom. The zero-order valence-electron chi connectivity index (χ0n) is 3.49. The monoisotopic (exact) mass is 313 g/mol. The number of hydrogen-bond acceptors (Lipinski definition) is 1. The van der Waals surface area contributed by atoms with Crippen molar-refractivity contribution in [2.75, 3.05) is 6.26 Å². The minimum atomic E-state index is 0. The molecule has 0 aliphatic rings. The summed E-state index contributed by atoms with van der Waals surface area (Å²) in [6.07, 6.45) is 2.04. The zero-order valence-corrected chi connectivity index (χ0v) is 8.47. The molecule has 0 aromatic heterocycles. The van der Waals surface area contributed by atoms with Crippen molar-refractivity contribution in [3.05, 3.63) is 5.75 Å². The first-order valence-corrected chi connectivity index (χ1v) is 2.51. The van der Waals surface area contributed by atoms with Gasteiger partial charge < -0.3 is 11.8 Å². The standard InChI is InChI=1S/C3H7S.U/c1-3-4-2;/h3H,1-2H3;/q-1;. The summed E-state index contributed by atoms with van der Waals surface area (Å²) in [7, 11) is 0. The van der Waals surface area contributed by atoms with Gasteiger partial charge >= 0.3 is 0 Å². The molecule has 0 aliphatic heterocycles. The van der Waals surface area contributed by atoms with Gasteiger partial charge in [0.2, 0.25) is 0 Å². The van der Waals surface area contributed by atoms with Crippen LogP contribution >= 0.6 is 11.8 Å². The molecule has 0 aromatic carbocycles. The summed E-state index contributed by atoms with van der Waals surface area (Å²) in [6.45, 7) is 2.02. The Labute approximate surface area is 61.5 Å². The van der Waals surface area contributed by atoms with E-state index < -0.39 is 0 Å². The van der Waals surface area contributed by atoms with Crippen LogP contribution in [-0.2, 0) is 0 Å². The molecule has 30 valence electrons. The third-order valence-corrected chi connectivity index (χ3v) is 0.707. The zero-order chi connectivity index (χ0) is 3.41. The van der Waals surface area contributed by atoms with Gasteiger partial charge in [-0.05, 0) is 6.26 Å². The normalized spacial score (nSPS) is 6.00. The molecular weight excluding hydrogens is 306 g/mol. The fourth-order valence-corrected chi connectivity index (χ4v) is 0. The predicted molar refractivity (Wildman–Crippen MR) is 23.5 cm³/mol. The first kappa shape index (κ1) is 9.64. The minimum Gasteiger partial charge on any atom is -0.355 e. The summed E-state index contributed by atoms with van der Waals surface area (Å²) < 4.78 is 0. The van der Waals surface area contributed by atoms with Crippen LogP contribution in [0.5, 0.6) is 0 Å². The Morgan fingerprint density at radius 2 is 1.80 bits per heavy atom. The van der Waals surface area contributed by atoms with Gasteiger partial charge in [-0.1, -0.05) is 0 Å². The van der Waals surface area contributed by atoms with E-state index in [-0.39, 0.29) is 31.1 Å². The Hall–Kier alpha value is 1.40. The maximum atomic E-state index is 2.04. The van der Waals surface area contributed by atoms with Crippen LogP contribution in [-0.4, -0.2) is 6.26 Å². The van der Waals surface area contributed by atoms with Gasteiger partial charge in [0.15, 0.2) is 0 Å². The van der Waals surface area contributed by atoms with Crippen molar-refractivity contribution in [2.24, 2.45) is 0 Å². The fourth-order valence-electron chi connectivity index (χ4n) is 0. The molecule has 0 aliphatic carbocycles. The number of thioether (sulfide) groups is 1. The van der Waals surface area contributed by atoms with E-state index in [2.05, 4.69) is 0 Å². The molecule has 0 nitrogen and oxygen atoms in total. The third-order valence-electron chi connectivity index (χ3n) is 0.236. The van der Waals surface area contributed by atoms with E-state index in [0.29, 0.717) is 0 Å². The Balaban J connectivity index is 0. The molecule has 0 saturated heterocycles. The van der Waals surface area contributed by atoms with Gasteiger partial charge in [0.1, 0.15) is 0 Å². The molecule has 2 heteroatoms. The van der Waals surface area contributed by atoms with Crippen molar-refractivity contribution in [3.8, 4) is 0 Å². The topological polar surface area (TPSA) is 0 Å². The van der Waals surface area contributed by atoms with E-state index in [0.717, 1.165) is 0 Å². The van der Waals surface area contributed by atoms with Crippen LogP contribution in [0.3, 0.4) is 0 Å². The first-order valence-electron chi connectivity index (χ1n) is 1.22. The summed E-state index contributed by atoms with van der Waals surface area (Å²) in [5.41, 5.74) is 0. The van der Waals surface area contributed by atoms with Crippen LogP contribution in [0.15, 0.2) is 0 Å². The Kier molecular flexibility index (Phi) is 17.4. The summed E-state index contributed by atoms with van der Waals surface area (Å²) >= 11 is 1.73. The van der Waals surface area contributed by atoms with Crippen molar-refractivity contribution in [1.29, 1.82) is 0 Å². The SMILES string of the molecule is C[CH-]SC.[U]. The minimum absolute atomic E-state index is 0. The van der Waals surface area contributed by atoms with Gasteiger partial charge in [0, 0.05) is 31.1 Å². The third kappa shape index (κ3) is 10.8. The van der Waals surface area contributed by atoms with Gasteiger partial charge in [-0.25, -0.2) is 0 Å². The summed E-state index contributed by atoms with van der Waals surface area (Å²) in [5.74, 6) is 2.04. The molecule has 0 fully saturated rings. The fraction of sp³-hybridized carbons (Fsp3) is 0.667. The van der Waals surface area contributed by atoms with Crippen molar-refractivity contribution < 1.29 is 31.1 Å². The summed E-state index contributed by atoms with van der Waals surface area (Å²) in [6, 6.07) is 0. The molecule has 0 atom stereocenters. The maximum Gasteiger partial charge on any atom is 0 e. The molecular formula is C3H7SU-. The smallest absolute Gasteiger partial charge is 0 e. The van der Waals surface area contributed by atoms with Crippen LogP contribution in [0.4, 0.5) is 0 Å². The van der Waals surface area contributed by atoms with Gasteiger partial charge in [-0.3, -0.25) is 5.75 Å². The molecule has 0 heterocycles. The molecule has 0 bridgehead atoms. The molecule has 0 aromatic rings. The van der Waals surface area contributed by atoms with Crippen molar-refractivity contribution in [1.82, 2.24) is 0 Å². The number of hydrogen-bond donors (Lipinski definition) is 0. The second-order valence-electron chi connectivity index (χ2n) is 0.471. The summed E-state index contributed by atoms with van der Waals surface area (Å²) in [5, 5.41) is 0. The molecule has 0 spiro atoms. The van der Waals surface area contributed by atoms with Gasteiger partial charge in [-0.15, -0.1) is 0 Å². The second kappa shape index (κ2) is 9.04. The van der Waals surface area contributed by atoms with Crippen LogP contribution in [0.1, 0.15) is 6.92 Å². The van der Waals surface area contributed by atoms with Crippen molar-refractivity contribution >= 4 is 11.8 Å². The molecule has 0 amide bonds. The van der Waals surface area contributed by atoms with Crippen LogP contribution in [0.25, 0.3) is 0 Å². The van der Waals surface area contributed by atoms with Crippen molar-refractivity contribution in [2.45, 2.75) is 6.92 Å². The van der Waals surface area contributed by atoms with E-state index in [1.807, 2.05) is 18.9 Å². The van der Waals surface area contributed by atoms with E-state index in [1.54, 1.807) is 11.8 Å². The molecule has 0 saturated carbocycles. The van der Waals surface area contributed by atoms with E-state index >= 15 is 0 Å².